The molecule has 2 aromatic carbocycles. The van der Waals surface area contributed by atoms with Crippen LogP contribution in [-0.2, 0) is 20.7 Å². The summed E-state index contributed by atoms with van der Waals surface area (Å²) in [6.45, 7) is 1.43. The molecule has 2 aliphatic rings. The van der Waals surface area contributed by atoms with E-state index in [1.807, 2.05) is 54.6 Å². The summed E-state index contributed by atoms with van der Waals surface area (Å²) in [5.74, 6) is 1.38. The molecule has 0 saturated carbocycles. The molecule has 2 aliphatic heterocycles. The highest BCUT2D eigenvalue weighted by Gasteiger charge is 2.21. The molecule has 2 saturated heterocycles. The minimum absolute atomic E-state index is 0.0999. The predicted molar refractivity (Wildman–Crippen MR) is 124 cm³/mol. The van der Waals surface area contributed by atoms with E-state index in [0.29, 0.717) is 24.5 Å². The lowest BCUT2D eigenvalue weighted by molar-refractivity contribution is -0.119. The smallest absolute Gasteiger partial charge is 0.200 e. The first-order chi connectivity index (χ1) is 15.8. The third kappa shape index (κ3) is 6.94. The van der Waals surface area contributed by atoms with Crippen LogP contribution in [-0.4, -0.2) is 31.6 Å². The van der Waals surface area contributed by atoms with Crippen molar-refractivity contribution in [3.05, 3.63) is 65.7 Å². The van der Waals surface area contributed by atoms with Crippen LogP contribution in [0.15, 0.2) is 54.6 Å². The lowest BCUT2D eigenvalue weighted by Crippen LogP contribution is -2.27. The van der Waals surface area contributed by atoms with Gasteiger partial charge in [0.05, 0.1) is 13.2 Å². The third-order valence-corrected chi connectivity index (χ3v) is 5.72. The second kappa shape index (κ2) is 11.8. The van der Waals surface area contributed by atoms with Crippen LogP contribution in [0.2, 0.25) is 0 Å². The van der Waals surface area contributed by atoms with E-state index in [1.54, 1.807) is 6.08 Å². The zero-order valence-corrected chi connectivity index (χ0v) is 18.5. The summed E-state index contributed by atoms with van der Waals surface area (Å²) in [5, 5.41) is 0. The van der Waals surface area contributed by atoms with E-state index in [4.69, 9.17) is 18.9 Å². The third-order valence-electron chi connectivity index (χ3n) is 5.72. The zero-order chi connectivity index (χ0) is 22.0. The first-order valence-electron chi connectivity index (χ1n) is 11.7. The highest BCUT2D eigenvalue weighted by Crippen LogP contribution is 2.33. The molecule has 0 radical (unpaired) electrons. The normalized spacial score (nSPS) is 21.4. The summed E-state index contributed by atoms with van der Waals surface area (Å²) in [4.78, 5) is 12.3. The number of carbonyl (C=O) groups is 1. The van der Waals surface area contributed by atoms with Gasteiger partial charge in [0, 0.05) is 19.3 Å². The van der Waals surface area contributed by atoms with Crippen LogP contribution in [0.4, 0.5) is 0 Å². The molecule has 0 N–H and O–H groups in total. The molecule has 170 valence electrons. The Bertz CT molecular complexity index is 880. The first-order valence-corrected chi connectivity index (χ1v) is 11.7. The van der Waals surface area contributed by atoms with E-state index >= 15 is 0 Å². The Balaban J connectivity index is 1.42. The van der Waals surface area contributed by atoms with Crippen LogP contribution in [0.5, 0.6) is 11.5 Å². The Morgan fingerprint density at radius 1 is 0.875 bits per heavy atom. The van der Waals surface area contributed by atoms with E-state index in [0.717, 1.165) is 57.1 Å². The number of benzene rings is 2. The maximum atomic E-state index is 12.3. The van der Waals surface area contributed by atoms with Crippen molar-refractivity contribution in [2.24, 2.45) is 0 Å². The van der Waals surface area contributed by atoms with Gasteiger partial charge in [0.25, 0.3) is 0 Å². The predicted octanol–water partition coefficient (Wildman–Crippen LogP) is 5.71. The number of ketones is 1. The van der Waals surface area contributed by atoms with Crippen molar-refractivity contribution in [3.8, 4) is 11.5 Å². The molecule has 0 aromatic heterocycles. The monoisotopic (exact) mass is 436 g/mol. The van der Waals surface area contributed by atoms with E-state index in [-0.39, 0.29) is 18.4 Å². The first kappa shape index (κ1) is 22.6. The minimum Gasteiger partial charge on any atom is -0.461 e. The Morgan fingerprint density at radius 2 is 1.56 bits per heavy atom. The number of allylic oxidation sites excluding steroid dienone is 1. The fraction of sp³-hybridized carbons (Fsp3) is 0.444. The van der Waals surface area contributed by atoms with E-state index < -0.39 is 0 Å². The van der Waals surface area contributed by atoms with Gasteiger partial charge in [0.15, 0.2) is 29.9 Å². The van der Waals surface area contributed by atoms with Gasteiger partial charge in [0.2, 0.25) is 0 Å². The fourth-order valence-corrected chi connectivity index (χ4v) is 3.89. The molecule has 2 atom stereocenters. The zero-order valence-electron chi connectivity index (χ0n) is 18.5. The van der Waals surface area contributed by atoms with Gasteiger partial charge in [-0.3, -0.25) is 4.79 Å². The molecule has 4 rings (SSSR count). The van der Waals surface area contributed by atoms with Crippen molar-refractivity contribution < 1.29 is 23.7 Å². The molecule has 5 nitrogen and oxygen atoms in total. The quantitative estimate of drug-likeness (QED) is 0.471. The Morgan fingerprint density at radius 3 is 2.22 bits per heavy atom. The van der Waals surface area contributed by atoms with Gasteiger partial charge in [-0.15, -0.1) is 0 Å². The fourth-order valence-electron chi connectivity index (χ4n) is 3.89. The van der Waals surface area contributed by atoms with Gasteiger partial charge >= 0.3 is 0 Å². The average Bonchev–Trinajstić information content (AvgIpc) is 2.85. The van der Waals surface area contributed by atoms with Gasteiger partial charge < -0.3 is 18.9 Å². The number of rotatable bonds is 9. The van der Waals surface area contributed by atoms with E-state index in [2.05, 4.69) is 0 Å². The van der Waals surface area contributed by atoms with E-state index in [9.17, 15) is 4.79 Å². The molecule has 2 heterocycles. The molecule has 2 fully saturated rings. The molecule has 0 spiro atoms. The highest BCUT2D eigenvalue weighted by molar-refractivity contribution is 5.93. The number of hydrogen-bond acceptors (Lipinski definition) is 5. The van der Waals surface area contributed by atoms with Gasteiger partial charge in [-0.25, -0.2) is 0 Å². The summed E-state index contributed by atoms with van der Waals surface area (Å²) in [5.41, 5.74) is 2.06. The lowest BCUT2D eigenvalue weighted by Gasteiger charge is -2.27. The summed E-state index contributed by atoms with van der Waals surface area (Å²) < 4.78 is 23.8. The molecule has 5 heteroatoms. The van der Waals surface area contributed by atoms with Crippen molar-refractivity contribution in [2.45, 2.75) is 63.9 Å². The largest absolute Gasteiger partial charge is 0.461 e. The summed E-state index contributed by atoms with van der Waals surface area (Å²) in [7, 11) is 0. The molecule has 2 unspecified atom stereocenters. The Labute approximate surface area is 190 Å². The summed E-state index contributed by atoms with van der Waals surface area (Å²) in [6, 6.07) is 15.8. The average molecular weight is 437 g/mol. The molecule has 0 bridgehead atoms. The van der Waals surface area contributed by atoms with Crippen molar-refractivity contribution >= 4 is 11.9 Å². The second-order valence-electron chi connectivity index (χ2n) is 8.32. The van der Waals surface area contributed by atoms with E-state index in [1.165, 1.54) is 5.56 Å². The number of aryl methyl sites for hydroxylation is 1. The highest BCUT2D eigenvalue weighted by atomic mass is 16.7. The summed E-state index contributed by atoms with van der Waals surface area (Å²) >= 11 is 0. The van der Waals surface area contributed by atoms with Crippen molar-refractivity contribution in [2.75, 3.05) is 13.2 Å². The standard InChI is InChI=1S/C27H32O5/c28-23(15-12-21-8-2-1-3-9-21)16-13-22-14-17-24(31-26-10-4-6-18-29-26)25(20-22)32-27-11-5-7-19-30-27/h1-3,8-9,13-14,16-17,20,26-27H,4-7,10-12,15,18-19H2/b16-13+. The van der Waals surface area contributed by atoms with Gasteiger partial charge in [-0.1, -0.05) is 42.5 Å². The van der Waals surface area contributed by atoms with Crippen LogP contribution >= 0.6 is 0 Å². The molecule has 0 amide bonds. The SMILES string of the molecule is O=C(/C=C/c1ccc(OC2CCCCO2)c(OC2CCCCO2)c1)CCc1ccccc1. The number of hydrogen-bond donors (Lipinski definition) is 0. The van der Waals surface area contributed by atoms with Gasteiger partial charge in [0.1, 0.15) is 0 Å². The van der Waals surface area contributed by atoms with Crippen molar-refractivity contribution in [1.82, 2.24) is 0 Å². The van der Waals surface area contributed by atoms with Crippen LogP contribution in [0.25, 0.3) is 6.08 Å². The number of ether oxygens (including phenoxy) is 4. The molecule has 2 aromatic rings. The van der Waals surface area contributed by atoms with Gasteiger partial charge in [-0.2, -0.15) is 0 Å². The van der Waals surface area contributed by atoms with Crippen LogP contribution in [0.3, 0.4) is 0 Å². The minimum atomic E-state index is -0.273. The van der Waals surface area contributed by atoms with Crippen LogP contribution in [0, 0.1) is 0 Å². The second-order valence-corrected chi connectivity index (χ2v) is 8.32. The van der Waals surface area contributed by atoms with Crippen LogP contribution < -0.4 is 9.47 Å². The van der Waals surface area contributed by atoms with Crippen molar-refractivity contribution in [3.63, 3.8) is 0 Å². The number of carbonyl (C=O) groups excluding carboxylic acids is 1. The molecular weight excluding hydrogens is 404 g/mol. The van der Waals surface area contributed by atoms with Crippen molar-refractivity contribution in [1.29, 1.82) is 0 Å². The Kier molecular flexibility index (Phi) is 8.35. The molecular formula is C27H32O5. The van der Waals surface area contributed by atoms with Gasteiger partial charge in [-0.05, 0) is 61.4 Å². The maximum Gasteiger partial charge on any atom is 0.200 e. The summed E-state index contributed by atoms with van der Waals surface area (Å²) in [6.07, 6.45) is 10.2. The van der Waals surface area contributed by atoms with Crippen LogP contribution in [0.1, 0.15) is 56.1 Å². The Hall–Kier alpha value is -2.63. The maximum absolute atomic E-state index is 12.3. The topological polar surface area (TPSA) is 54.0 Å². The molecule has 32 heavy (non-hydrogen) atoms. The lowest BCUT2D eigenvalue weighted by atomic mass is 10.1. The molecule has 0 aliphatic carbocycles.